The van der Waals surface area contributed by atoms with Gasteiger partial charge in [-0.15, -0.1) is 11.3 Å². The maximum atomic E-state index is 14.2. The van der Waals surface area contributed by atoms with E-state index in [0.717, 1.165) is 33.4 Å². The number of halogens is 2. The van der Waals surface area contributed by atoms with E-state index in [9.17, 15) is 22.5 Å². The molecule has 3 rings (SSSR count). The average Bonchev–Trinajstić information content (AvgIpc) is 3.01. The minimum absolute atomic E-state index is 0.0833. The third-order valence-corrected chi connectivity index (χ3v) is 8.60. The molecule has 2 N–H and O–H groups in total. The van der Waals surface area contributed by atoms with E-state index in [1.54, 1.807) is 12.1 Å². The molecule has 0 saturated heterocycles. The van der Waals surface area contributed by atoms with Gasteiger partial charge in [0, 0.05) is 12.0 Å². The molecule has 0 saturated carbocycles. The second kappa shape index (κ2) is 7.69. The largest absolute Gasteiger partial charge is 0.321 e. The van der Waals surface area contributed by atoms with E-state index in [4.69, 9.17) is 5.73 Å². The summed E-state index contributed by atoms with van der Waals surface area (Å²) < 4.78 is 53.4. The number of hydrogen-bond acceptors (Lipinski definition) is 6. The Kier molecular flexibility index (Phi) is 5.71. The highest BCUT2D eigenvalue weighted by Gasteiger charge is 2.44. The van der Waals surface area contributed by atoms with Crippen molar-refractivity contribution in [2.24, 2.45) is 5.73 Å². The van der Waals surface area contributed by atoms with Crippen molar-refractivity contribution >= 4 is 31.4 Å². The molecular weight excluding hydrogens is 428 g/mol. The predicted octanol–water partition coefficient (Wildman–Crippen LogP) is 4.00. The van der Waals surface area contributed by atoms with Crippen LogP contribution in [-0.4, -0.2) is 23.9 Å². The summed E-state index contributed by atoms with van der Waals surface area (Å²) in [6, 6.07) is 9.97. The Labute approximate surface area is 178 Å². The normalized spacial score (nSPS) is 16.0. The summed E-state index contributed by atoms with van der Waals surface area (Å²) >= 11 is 1.52. The van der Waals surface area contributed by atoms with Gasteiger partial charge in [-0.1, -0.05) is 6.07 Å². The number of sulfone groups is 1. The standard InChI is InChI=1S/C21H21F2N3O2S2/c1-13-26-18-8-14(4-7-19(18)29-13)10-20(2,11-24)30(27,28)12-21(3,25)16-9-15(22)5-6-17(16)23/h4-9H,10,12,25H2,1-3H3/t20?,21-/m0/s1. The maximum Gasteiger partial charge on any atom is 0.171 e. The molecule has 1 aromatic heterocycles. The van der Waals surface area contributed by atoms with Crippen LogP contribution in [0.5, 0.6) is 0 Å². The summed E-state index contributed by atoms with van der Waals surface area (Å²) in [7, 11) is -4.15. The highest BCUT2D eigenvalue weighted by Crippen LogP contribution is 2.31. The van der Waals surface area contributed by atoms with Crippen molar-refractivity contribution in [2.75, 3.05) is 5.75 Å². The number of benzene rings is 2. The van der Waals surface area contributed by atoms with Crippen LogP contribution in [-0.2, 0) is 21.8 Å². The Morgan fingerprint density at radius 3 is 2.57 bits per heavy atom. The number of aryl methyl sites for hydroxylation is 1. The van der Waals surface area contributed by atoms with Gasteiger partial charge in [0.05, 0.1) is 32.6 Å². The molecule has 2 aromatic carbocycles. The van der Waals surface area contributed by atoms with Crippen LogP contribution in [0.2, 0.25) is 0 Å². The first kappa shape index (κ1) is 22.3. The van der Waals surface area contributed by atoms with Gasteiger partial charge < -0.3 is 5.73 Å². The van der Waals surface area contributed by atoms with Crippen molar-refractivity contribution in [1.29, 1.82) is 5.26 Å². The zero-order valence-electron chi connectivity index (χ0n) is 16.7. The molecule has 0 spiro atoms. The number of nitriles is 1. The van der Waals surface area contributed by atoms with Gasteiger partial charge in [-0.05, 0) is 56.7 Å². The fourth-order valence-electron chi connectivity index (χ4n) is 3.37. The minimum Gasteiger partial charge on any atom is -0.321 e. The molecule has 0 aliphatic rings. The first-order valence-electron chi connectivity index (χ1n) is 9.11. The number of rotatable bonds is 6. The van der Waals surface area contributed by atoms with Crippen LogP contribution in [0, 0.1) is 29.9 Å². The lowest BCUT2D eigenvalue weighted by Crippen LogP contribution is -2.48. The summed E-state index contributed by atoms with van der Waals surface area (Å²) in [6.07, 6.45) is -0.0833. The summed E-state index contributed by atoms with van der Waals surface area (Å²) in [6.45, 7) is 4.50. The van der Waals surface area contributed by atoms with Gasteiger partial charge in [0.2, 0.25) is 0 Å². The van der Waals surface area contributed by atoms with Crippen molar-refractivity contribution < 1.29 is 17.2 Å². The van der Waals surface area contributed by atoms with Crippen LogP contribution in [0.15, 0.2) is 36.4 Å². The van der Waals surface area contributed by atoms with Gasteiger partial charge in [-0.25, -0.2) is 22.2 Å². The molecule has 158 valence electrons. The molecule has 1 unspecified atom stereocenters. The quantitative estimate of drug-likeness (QED) is 0.614. The second-order valence-electron chi connectivity index (χ2n) is 7.86. The molecule has 0 aliphatic carbocycles. The third-order valence-electron chi connectivity index (χ3n) is 5.06. The van der Waals surface area contributed by atoms with Crippen LogP contribution in [0.1, 0.15) is 30.0 Å². The zero-order chi connectivity index (χ0) is 22.3. The van der Waals surface area contributed by atoms with E-state index in [-0.39, 0.29) is 12.0 Å². The first-order valence-corrected chi connectivity index (χ1v) is 11.6. The van der Waals surface area contributed by atoms with E-state index in [1.807, 2.05) is 19.1 Å². The molecule has 0 radical (unpaired) electrons. The Morgan fingerprint density at radius 2 is 1.90 bits per heavy atom. The van der Waals surface area contributed by atoms with Crippen LogP contribution >= 0.6 is 11.3 Å². The van der Waals surface area contributed by atoms with Gasteiger partial charge in [0.1, 0.15) is 11.6 Å². The Balaban J connectivity index is 1.94. The monoisotopic (exact) mass is 449 g/mol. The molecule has 5 nitrogen and oxygen atoms in total. The van der Waals surface area contributed by atoms with E-state index in [1.165, 1.54) is 25.2 Å². The van der Waals surface area contributed by atoms with E-state index in [2.05, 4.69) is 4.98 Å². The van der Waals surface area contributed by atoms with E-state index in [0.29, 0.717) is 5.56 Å². The lowest BCUT2D eigenvalue weighted by molar-refractivity contribution is 0.478. The Hall–Kier alpha value is -2.41. The van der Waals surface area contributed by atoms with Gasteiger partial charge in [0.15, 0.2) is 14.6 Å². The molecule has 0 fully saturated rings. The summed E-state index contributed by atoms with van der Waals surface area (Å²) in [5, 5.41) is 10.6. The number of nitrogens with zero attached hydrogens (tertiary/aromatic N) is 2. The SMILES string of the molecule is Cc1nc2cc(CC(C)(C#N)S(=O)(=O)C[C@](C)(N)c3cc(F)ccc3F)ccc2s1. The van der Waals surface area contributed by atoms with Crippen LogP contribution in [0.3, 0.4) is 0 Å². The zero-order valence-corrected chi connectivity index (χ0v) is 18.4. The topological polar surface area (TPSA) is 96.8 Å². The molecule has 1 heterocycles. The van der Waals surface area contributed by atoms with Crippen molar-refractivity contribution in [3.8, 4) is 6.07 Å². The van der Waals surface area contributed by atoms with Gasteiger partial charge in [0.25, 0.3) is 0 Å². The predicted molar refractivity (Wildman–Crippen MR) is 114 cm³/mol. The van der Waals surface area contributed by atoms with Gasteiger partial charge in [-0.2, -0.15) is 5.26 Å². The molecule has 9 heteroatoms. The molecular formula is C21H21F2N3O2S2. The smallest absolute Gasteiger partial charge is 0.171 e. The molecule has 3 aromatic rings. The van der Waals surface area contributed by atoms with Gasteiger partial charge in [-0.3, -0.25) is 0 Å². The van der Waals surface area contributed by atoms with Crippen molar-refractivity contribution in [3.63, 3.8) is 0 Å². The number of hydrogen-bond donors (Lipinski definition) is 1. The van der Waals surface area contributed by atoms with Crippen LogP contribution in [0.25, 0.3) is 10.2 Å². The lowest BCUT2D eigenvalue weighted by Gasteiger charge is -2.30. The summed E-state index contributed by atoms with van der Waals surface area (Å²) in [5.74, 6) is -2.25. The number of aromatic nitrogens is 1. The third kappa shape index (κ3) is 4.21. The molecule has 0 bridgehead atoms. The fourth-order valence-corrected chi connectivity index (χ4v) is 5.97. The highest BCUT2D eigenvalue weighted by atomic mass is 32.2. The molecule has 30 heavy (non-hydrogen) atoms. The first-order chi connectivity index (χ1) is 13.9. The van der Waals surface area contributed by atoms with Gasteiger partial charge >= 0.3 is 0 Å². The van der Waals surface area contributed by atoms with Crippen molar-refractivity contribution in [3.05, 3.63) is 64.2 Å². The molecule has 0 aliphatic heterocycles. The second-order valence-corrected chi connectivity index (χ2v) is 11.5. The van der Waals surface area contributed by atoms with Crippen LogP contribution < -0.4 is 5.73 Å². The van der Waals surface area contributed by atoms with E-state index >= 15 is 0 Å². The highest BCUT2D eigenvalue weighted by molar-refractivity contribution is 7.93. The average molecular weight is 450 g/mol. The molecule has 2 atom stereocenters. The number of fused-ring (bicyclic) bond motifs is 1. The molecule has 0 amide bonds. The van der Waals surface area contributed by atoms with Crippen LogP contribution in [0.4, 0.5) is 8.78 Å². The summed E-state index contributed by atoms with van der Waals surface area (Å²) in [4.78, 5) is 4.40. The number of nitrogens with two attached hydrogens (primary N) is 1. The van der Waals surface area contributed by atoms with Crippen molar-refractivity contribution in [1.82, 2.24) is 4.98 Å². The minimum atomic E-state index is -4.15. The lowest BCUT2D eigenvalue weighted by atomic mass is 9.95. The maximum absolute atomic E-state index is 14.2. The fraction of sp³-hybridized carbons (Fsp3) is 0.333. The van der Waals surface area contributed by atoms with Crippen molar-refractivity contribution in [2.45, 2.75) is 37.5 Å². The Bertz CT molecular complexity index is 1260. The Morgan fingerprint density at radius 1 is 1.20 bits per heavy atom. The number of thiazole rings is 1. The summed E-state index contributed by atoms with van der Waals surface area (Å²) in [5.41, 5.74) is 5.50. The van der Waals surface area contributed by atoms with E-state index < -0.39 is 37.5 Å².